The molecular weight excluding hydrogens is 372 g/mol. The molecule has 22 heavy (non-hydrogen) atoms. The molecule has 0 aliphatic carbocycles. The van der Waals surface area contributed by atoms with Crippen LogP contribution in [0.5, 0.6) is 11.5 Å². The van der Waals surface area contributed by atoms with Crippen LogP contribution in [0.4, 0.5) is 0 Å². The summed E-state index contributed by atoms with van der Waals surface area (Å²) in [6.07, 6.45) is 1.33. The van der Waals surface area contributed by atoms with Crippen LogP contribution in [0.3, 0.4) is 0 Å². The van der Waals surface area contributed by atoms with Crippen LogP contribution >= 0.6 is 27.5 Å². The van der Waals surface area contributed by atoms with Crippen molar-refractivity contribution < 1.29 is 14.6 Å². The standard InChI is InChI=1S/C15H12BrClN2O3/c1-22-13-7-11(16)6-10(14(13)20)8-18-19-15(21)9-2-4-12(17)5-3-9/h2-8,20H,1H3,(H,19,21). The first-order chi connectivity index (χ1) is 10.5. The van der Waals surface area contributed by atoms with Gasteiger partial charge < -0.3 is 9.84 Å². The maximum atomic E-state index is 11.9. The number of aromatic hydroxyl groups is 1. The molecule has 0 spiro atoms. The smallest absolute Gasteiger partial charge is 0.271 e. The van der Waals surface area contributed by atoms with Crippen molar-refractivity contribution >= 4 is 39.7 Å². The summed E-state index contributed by atoms with van der Waals surface area (Å²) < 4.78 is 5.75. The van der Waals surface area contributed by atoms with Crippen molar-refractivity contribution in [1.82, 2.24) is 5.43 Å². The van der Waals surface area contributed by atoms with E-state index < -0.39 is 0 Å². The van der Waals surface area contributed by atoms with Crippen LogP contribution in [0.1, 0.15) is 15.9 Å². The minimum Gasteiger partial charge on any atom is -0.504 e. The lowest BCUT2D eigenvalue weighted by atomic mass is 10.2. The molecule has 0 aromatic heterocycles. The Hall–Kier alpha value is -2.05. The van der Waals surface area contributed by atoms with E-state index >= 15 is 0 Å². The summed E-state index contributed by atoms with van der Waals surface area (Å²) in [6, 6.07) is 9.69. The molecule has 0 atom stereocenters. The quantitative estimate of drug-likeness (QED) is 0.626. The first-order valence-electron chi connectivity index (χ1n) is 6.16. The highest BCUT2D eigenvalue weighted by atomic mass is 79.9. The van der Waals surface area contributed by atoms with Gasteiger partial charge in [0, 0.05) is 20.6 Å². The summed E-state index contributed by atoms with van der Waals surface area (Å²) in [4.78, 5) is 11.9. The minimum atomic E-state index is -0.380. The van der Waals surface area contributed by atoms with Gasteiger partial charge in [0.2, 0.25) is 0 Å². The largest absolute Gasteiger partial charge is 0.504 e. The molecule has 2 N–H and O–H groups in total. The van der Waals surface area contributed by atoms with E-state index in [2.05, 4.69) is 26.5 Å². The fourth-order valence-corrected chi connectivity index (χ4v) is 2.26. The SMILES string of the molecule is COc1cc(Br)cc(C=NNC(=O)c2ccc(Cl)cc2)c1O. The number of hydrogen-bond acceptors (Lipinski definition) is 4. The molecule has 114 valence electrons. The number of carbonyl (C=O) groups excluding carboxylic acids is 1. The summed E-state index contributed by atoms with van der Waals surface area (Å²) in [5.41, 5.74) is 3.20. The van der Waals surface area contributed by atoms with Crippen molar-refractivity contribution in [2.24, 2.45) is 5.10 Å². The zero-order chi connectivity index (χ0) is 16.1. The van der Waals surface area contributed by atoms with Crippen LogP contribution in [-0.4, -0.2) is 24.3 Å². The number of carbonyl (C=O) groups is 1. The first kappa shape index (κ1) is 16.3. The monoisotopic (exact) mass is 382 g/mol. The summed E-state index contributed by atoms with van der Waals surface area (Å²) >= 11 is 9.06. The molecule has 2 rings (SSSR count). The molecule has 0 fully saturated rings. The summed E-state index contributed by atoms with van der Waals surface area (Å²) in [6.45, 7) is 0. The van der Waals surface area contributed by atoms with Crippen LogP contribution in [-0.2, 0) is 0 Å². The van der Waals surface area contributed by atoms with Gasteiger partial charge in [0.05, 0.1) is 13.3 Å². The fraction of sp³-hybridized carbons (Fsp3) is 0.0667. The number of rotatable bonds is 4. The Balaban J connectivity index is 2.11. The molecule has 0 aliphatic heterocycles. The predicted octanol–water partition coefficient (Wildman–Crippen LogP) is 3.58. The van der Waals surface area contributed by atoms with Gasteiger partial charge in [0.1, 0.15) is 0 Å². The van der Waals surface area contributed by atoms with Crippen molar-refractivity contribution in [1.29, 1.82) is 0 Å². The van der Waals surface area contributed by atoms with Crippen molar-refractivity contribution in [3.8, 4) is 11.5 Å². The fourth-order valence-electron chi connectivity index (χ4n) is 1.67. The molecule has 7 heteroatoms. The van der Waals surface area contributed by atoms with Gasteiger partial charge >= 0.3 is 0 Å². The topological polar surface area (TPSA) is 70.9 Å². The Morgan fingerprint density at radius 2 is 2.05 bits per heavy atom. The zero-order valence-corrected chi connectivity index (χ0v) is 13.9. The summed E-state index contributed by atoms with van der Waals surface area (Å²) in [5.74, 6) is -0.135. The molecule has 0 aliphatic rings. The van der Waals surface area contributed by atoms with E-state index in [-0.39, 0.29) is 11.7 Å². The predicted molar refractivity (Wildman–Crippen MR) is 88.9 cm³/mol. The number of ether oxygens (including phenoxy) is 1. The van der Waals surface area contributed by atoms with Crippen molar-refractivity contribution in [3.63, 3.8) is 0 Å². The van der Waals surface area contributed by atoms with Crippen molar-refractivity contribution in [2.45, 2.75) is 0 Å². The molecule has 0 saturated carbocycles. The first-order valence-corrected chi connectivity index (χ1v) is 7.34. The number of hydrazone groups is 1. The molecule has 1 amide bonds. The van der Waals surface area contributed by atoms with Crippen molar-refractivity contribution in [2.75, 3.05) is 7.11 Å². The highest BCUT2D eigenvalue weighted by molar-refractivity contribution is 9.10. The highest BCUT2D eigenvalue weighted by Gasteiger charge is 2.08. The lowest BCUT2D eigenvalue weighted by Crippen LogP contribution is -2.17. The van der Waals surface area contributed by atoms with Gasteiger partial charge in [-0.25, -0.2) is 5.43 Å². The third-order valence-electron chi connectivity index (χ3n) is 2.77. The van der Waals surface area contributed by atoms with E-state index in [9.17, 15) is 9.90 Å². The Labute approximate surface area is 140 Å². The lowest BCUT2D eigenvalue weighted by Gasteiger charge is -2.06. The van der Waals surface area contributed by atoms with Crippen LogP contribution in [0.25, 0.3) is 0 Å². The number of phenolic OH excluding ortho intramolecular Hbond substituents is 1. The van der Waals surface area contributed by atoms with Crippen LogP contribution < -0.4 is 10.2 Å². The highest BCUT2D eigenvalue weighted by Crippen LogP contribution is 2.32. The maximum Gasteiger partial charge on any atom is 0.271 e. The molecule has 0 saturated heterocycles. The van der Waals surface area contributed by atoms with Crippen LogP contribution in [0.2, 0.25) is 5.02 Å². The number of halogens is 2. The zero-order valence-electron chi connectivity index (χ0n) is 11.5. The lowest BCUT2D eigenvalue weighted by molar-refractivity contribution is 0.0955. The van der Waals surface area contributed by atoms with E-state index in [0.29, 0.717) is 26.4 Å². The molecule has 2 aromatic carbocycles. The molecule has 0 unspecified atom stereocenters. The average molecular weight is 384 g/mol. The van der Waals surface area contributed by atoms with Crippen LogP contribution in [0.15, 0.2) is 46.0 Å². The number of benzene rings is 2. The maximum absolute atomic E-state index is 11.9. The molecule has 0 bridgehead atoms. The van der Waals surface area contributed by atoms with Gasteiger partial charge in [0.15, 0.2) is 11.5 Å². The Kier molecular flexibility index (Phi) is 5.41. The van der Waals surface area contributed by atoms with Gasteiger partial charge in [0.25, 0.3) is 5.91 Å². The van der Waals surface area contributed by atoms with E-state index in [0.717, 1.165) is 0 Å². The number of methoxy groups -OCH3 is 1. The summed E-state index contributed by atoms with van der Waals surface area (Å²) in [5, 5.41) is 14.3. The second-order valence-corrected chi connectivity index (χ2v) is 5.60. The molecular formula is C15H12BrClN2O3. The number of amides is 1. The third-order valence-corrected chi connectivity index (χ3v) is 3.48. The normalized spacial score (nSPS) is 10.7. The van der Waals surface area contributed by atoms with Gasteiger partial charge in [-0.05, 0) is 36.4 Å². The van der Waals surface area contributed by atoms with Gasteiger partial charge in [-0.3, -0.25) is 4.79 Å². The Bertz CT molecular complexity index is 717. The van der Waals surface area contributed by atoms with E-state index in [1.165, 1.54) is 13.3 Å². The van der Waals surface area contributed by atoms with Crippen LogP contribution in [0, 0.1) is 0 Å². The van der Waals surface area contributed by atoms with Gasteiger partial charge in [-0.15, -0.1) is 0 Å². The van der Waals surface area contributed by atoms with E-state index in [1.807, 2.05) is 0 Å². The molecule has 0 radical (unpaired) electrons. The van der Waals surface area contributed by atoms with E-state index in [4.69, 9.17) is 16.3 Å². The Morgan fingerprint density at radius 3 is 2.68 bits per heavy atom. The summed E-state index contributed by atoms with van der Waals surface area (Å²) in [7, 11) is 1.45. The minimum absolute atomic E-state index is 0.0600. The second-order valence-electron chi connectivity index (χ2n) is 4.25. The molecule has 0 heterocycles. The Morgan fingerprint density at radius 1 is 1.36 bits per heavy atom. The van der Waals surface area contributed by atoms with E-state index in [1.54, 1.807) is 36.4 Å². The number of nitrogens with zero attached hydrogens (tertiary/aromatic N) is 1. The van der Waals surface area contributed by atoms with Gasteiger partial charge in [-0.2, -0.15) is 5.10 Å². The van der Waals surface area contributed by atoms with Gasteiger partial charge in [-0.1, -0.05) is 27.5 Å². The molecule has 2 aromatic rings. The molecule has 5 nitrogen and oxygen atoms in total. The number of nitrogens with one attached hydrogen (secondary N) is 1. The number of hydrogen-bond donors (Lipinski definition) is 2. The average Bonchev–Trinajstić information content (AvgIpc) is 2.50. The van der Waals surface area contributed by atoms with Crippen molar-refractivity contribution in [3.05, 3.63) is 57.0 Å². The third kappa shape index (κ3) is 3.99. The number of phenols is 1. The second kappa shape index (κ2) is 7.29.